The number of hydrogen-bond donors (Lipinski definition) is 0. The third kappa shape index (κ3) is 12.2. The number of benzene rings is 1. The molecule has 2 heteroatoms. The highest BCUT2D eigenvalue weighted by Gasteiger charge is 2.22. The van der Waals surface area contributed by atoms with Gasteiger partial charge in [-0.05, 0) is 30.5 Å². The Morgan fingerprint density at radius 3 is 2.11 bits per heavy atom. The molecule has 1 atom stereocenters. The van der Waals surface area contributed by atoms with Crippen LogP contribution in [0.5, 0.6) is 5.75 Å². The molecule has 0 aromatic heterocycles. The van der Waals surface area contributed by atoms with Crippen LogP contribution in [0.1, 0.15) is 102 Å². The molecule has 2 rings (SSSR count). The first kappa shape index (κ1) is 23.0. The van der Waals surface area contributed by atoms with Crippen molar-refractivity contribution < 1.29 is 9.47 Å². The van der Waals surface area contributed by atoms with E-state index in [0.29, 0.717) is 12.7 Å². The average Bonchev–Trinajstić information content (AvgIpc) is 3.54. The van der Waals surface area contributed by atoms with E-state index in [9.17, 15) is 0 Å². The Hall–Kier alpha value is -1.28. The van der Waals surface area contributed by atoms with Gasteiger partial charge in [-0.3, -0.25) is 0 Å². The summed E-state index contributed by atoms with van der Waals surface area (Å²) in [5.41, 5.74) is 1.23. The minimum Gasteiger partial charge on any atom is -0.491 e. The zero-order valence-electron chi connectivity index (χ0n) is 18.2. The number of allylic oxidation sites excluding steroid dienone is 1. The van der Waals surface area contributed by atoms with Crippen LogP contribution in [-0.2, 0) is 4.74 Å². The van der Waals surface area contributed by atoms with Gasteiger partial charge in [-0.1, -0.05) is 108 Å². The summed E-state index contributed by atoms with van der Waals surface area (Å²) in [4.78, 5) is 0. The number of unbranched alkanes of at least 4 members (excludes halogenated alkanes) is 13. The van der Waals surface area contributed by atoms with Crippen LogP contribution < -0.4 is 4.74 Å². The minimum absolute atomic E-state index is 0.315. The molecule has 1 aliphatic heterocycles. The lowest BCUT2D eigenvalue weighted by Crippen LogP contribution is -2.03. The molecule has 0 spiro atoms. The molecule has 0 saturated carbocycles. The van der Waals surface area contributed by atoms with Crippen molar-refractivity contribution in [2.24, 2.45) is 0 Å². The first-order chi connectivity index (χ1) is 13.9. The van der Waals surface area contributed by atoms with Gasteiger partial charge in [0.25, 0.3) is 0 Å². The molecule has 2 nitrogen and oxygen atoms in total. The molecule has 1 aromatic rings. The summed E-state index contributed by atoms with van der Waals surface area (Å²) in [5, 5.41) is 0. The van der Waals surface area contributed by atoms with Gasteiger partial charge >= 0.3 is 0 Å². The molecule has 1 fully saturated rings. The molecular weight excluding hydrogens is 344 g/mol. The first-order valence-corrected chi connectivity index (χ1v) is 11.9. The van der Waals surface area contributed by atoms with Gasteiger partial charge in [0.05, 0.1) is 6.61 Å². The van der Waals surface area contributed by atoms with Gasteiger partial charge in [-0.15, -0.1) is 0 Å². The Morgan fingerprint density at radius 1 is 0.893 bits per heavy atom. The Labute approximate surface area is 173 Å². The molecule has 0 aliphatic carbocycles. The number of ether oxygens (including phenoxy) is 2. The molecule has 1 aromatic carbocycles. The van der Waals surface area contributed by atoms with Gasteiger partial charge in [0.15, 0.2) is 0 Å². The van der Waals surface area contributed by atoms with E-state index in [1.54, 1.807) is 0 Å². The zero-order valence-corrected chi connectivity index (χ0v) is 18.2. The third-order valence-corrected chi connectivity index (χ3v) is 5.48. The lowest BCUT2D eigenvalue weighted by molar-refractivity contribution is 0.263. The van der Waals surface area contributed by atoms with E-state index in [0.717, 1.165) is 12.4 Å². The topological polar surface area (TPSA) is 21.8 Å². The van der Waals surface area contributed by atoms with E-state index < -0.39 is 0 Å². The Bertz CT molecular complexity index is 519. The quantitative estimate of drug-likeness (QED) is 0.188. The smallest absolute Gasteiger partial charge is 0.120 e. The maximum Gasteiger partial charge on any atom is 0.120 e. The van der Waals surface area contributed by atoms with Gasteiger partial charge < -0.3 is 9.47 Å². The van der Waals surface area contributed by atoms with Crippen molar-refractivity contribution in [3.05, 3.63) is 35.9 Å². The first-order valence-electron chi connectivity index (χ1n) is 11.9. The molecule has 0 N–H and O–H groups in total. The summed E-state index contributed by atoms with van der Waals surface area (Å²) >= 11 is 0. The summed E-state index contributed by atoms with van der Waals surface area (Å²) < 4.78 is 10.9. The van der Waals surface area contributed by atoms with Gasteiger partial charge in [0.2, 0.25) is 0 Å². The third-order valence-electron chi connectivity index (χ3n) is 5.48. The fourth-order valence-corrected chi connectivity index (χ4v) is 3.56. The van der Waals surface area contributed by atoms with Gasteiger partial charge in [0, 0.05) is 0 Å². The van der Waals surface area contributed by atoms with Gasteiger partial charge in [0.1, 0.15) is 18.5 Å². The van der Waals surface area contributed by atoms with Crippen molar-refractivity contribution in [1.29, 1.82) is 0 Å². The minimum atomic E-state index is 0.315. The van der Waals surface area contributed by atoms with Crippen molar-refractivity contribution in [3.63, 3.8) is 0 Å². The van der Waals surface area contributed by atoms with Crippen molar-refractivity contribution in [2.75, 3.05) is 13.2 Å². The maximum absolute atomic E-state index is 5.74. The van der Waals surface area contributed by atoms with Crippen molar-refractivity contribution in [3.8, 4) is 5.75 Å². The largest absolute Gasteiger partial charge is 0.491 e. The van der Waals surface area contributed by atoms with E-state index in [2.05, 4.69) is 37.3 Å². The van der Waals surface area contributed by atoms with E-state index in [1.807, 2.05) is 6.07 Å². The summed E-state index contributed by atoms with van der Waals surface area (Å²) in [6.45, 7) is 3.81. The maximum atomic E-state index is 5.74. The summed E-state index contributed by atoms with van der Waals surface area (Å²) in [5.74, 6) is 0.943. The van der Waals surface area contributed by atoms with Gasteiger partial charge in [-0.2, -0.15) is 0 Å². The molecule has 1 saturated heterocycles. The van der Waals surface area contributed by atoms with Crippen LogP contribution in [0.15, 0.2) is 30.3 Å². The molecule has 0 bridgehead atoms. The standard InChI is InChI=1S/C26H42O2/c1-2-3-4-5-6-7-8-9-10-11-12-13-14-15-16-18-24-19-17-20-25(21-24)27-22-26-23-28-26/h16-21,26H,2-15,22-23H2,1H3/b18-16+. The molecule has 0 radical (unpaired) electrons. The summed E-state index contributed by atoms with van der Waals surface area (Å²) in [7, 11) is 0. The molecular formula is C26H42O2. The summed E-state index contributed by atoms with van der Waals surface area (Å²) in [6.07, 6.45) is 24.4. The number of rotatable bonds is 18. The molecule has 1 unspecified atom stereocenters. The van der Waals surface area contributed by atoms with Crippen molar-refractivity contribution in [1.82, 2.24) is 0 Å². The second-order valence-electron chi connectivity index (χ2n) is 8.27. The fourth-order valence-electron chi connectivity index (χ4n) is 3.56. The van der Waals surface area contributed by atoms with E-state index in [-0.39, 0.29) is 0 Å². The Balaban J connectivity index is 1.38. The number of hydrogen-bond acceptors (Lipinski definition) is 2. The SMILES string of the molecule is CCCCCCCCCCCCCCC/C=C/c1cccc(OCC2CO2)c1. The van der Waals surface area contributed by atoms with Crippen LogP contribution in [-0.4, -0.2) is 19.3 Å². The van der Waals surface area contributed by atoms with Crippen molar-refractivity contribution in [2.45, 2.75) is 103 Å². The summed E-state index contributed by atoms with van der Waals surface area (Å²) in [6, 6.07) is 8.34. The van der Waals surface area contributed by atoms with Crippen LogP contribution in [0.25, 0.3) is 6.08 Å². The van der Waals surface area contributed by atoms with E-state index in [1.165, 1.54) is 95.5 Å². The average molecular weight is 387 g/mol. The highest BCUT2D eigenvalue weighted by molar-refractivity contribution is 5.51. The van der Waals surface area contributed by atoms with Gasteiger partial charge in [-0.25, -0.2) is 0 Å². The highest BCUT2D eigenvalue weighted by Crippen LogP contribution is 2.18. The molecule has 28 heavy (non-hydrogen) atoms. The van der Waals surface area contributed by atoms with Crippen LogP contribution in [0.4, 0.5) is 0 Å². The monoisotopic (exact) mass is 386 g/mol. The van der Waals surface area contributed by atoms with Crippen LogP contribution >= 0.6 is 0 Å². The second-order valence-corrected chi connectivity index (χ2v) is 8.27. The van der Waals surface area contributed by atoms with E-state index >= 15 is 0 Å². The van der Waals surface area contributed by atoms with Crippen LogP contribution in [0.2, 0.25) is 0 Å². The van der Waals surface area contributed by atoms with E-state index in [4.69, 9.17) is 9.47 Å². The molecule has 0 amide bonds. The second kappa shape index (κ2) is 15.6. The molecule has 1 heterocycles. The predicted octanol–water partition coefficient (Wildman–Crippen LogP) is 7.96. The Kier molecular flexibility index (Phi) is 12.8. The van der Waals surface area contributed by atoms with Crippen molar-refractivity contribution >= 4 is 6.08 Å². The van der Waals surface area contributed by atoms with Crippen LogP contribution in [0.3, 0.4) is 0 Å². The zero-order chi connectivity index (χ0) is 19.7. The van der Waals surface area contributed by atoms with Crippen LogP contribution in [0, 0.1) is 0 Å². The fraction of sp³-hybridized carbons (Fsp3) is 0.692. The normalized spacial score (nSPS) is 16.0. The lowest BCUT2D eigenvalue weighted by Gasteiger charge is -2.04. The molecule has 158 valence electrons. The lowest BCUT2D eigenvalue weighted by atomic mass is 10.0. The number of epoxide rings is 1. The molecule has 1 aliphatic rings. The Morgan fingerprint density at radius 2 is 1.50 bits per heavy atom. The predicted molar refractivity (Wildman–Crippen MR) is 121 cm³/mol. The highest BCUT2D eigenvalue weighted by atomic mass is 16.6.